The summed E-state index contributed by atoms with van der Waals surface area (Å²) in [6.07, 6.45) is 4.80. The van der Waals surface area contributed by atoms with Gasteiger partial charge in [0.25, 0.3) is 0 Å². The molecule has 0 amide bonds. The van der Waals surface area contributed by atoms with Crippen molar-refractivity contribution in [3.63, 3.8) is 0 Å². The summed E-state index contributed by atoms with van der Waals surface area (Å²) in [6, 6.07) is 15.7. The summed E-state index contributed by atoms with van der Waals surface area (Å²) in [4.78, 5) is 12.7. The molecule has 0 aliphatic heterocycles. The number of aromatic nitrogens is 2. The Bertz CT molecular complexity index is 1170. The second kappa shape index (κ2) is 7.69. The molecule has 29 heavy (non-hydrogen) atoms. The van der Waals surface area contributed by atoms with Crippen LogP contribution in [0.25, 0.3) is 10.2 Å². The lowest BCUT2D eigenvalue weighted by Crippen LogP contribution is -2.10. The van der Waals surface area contributed by atoms with Gasteiger partial charge in [-0.05, 0) is 60.6 Å². The highest BCUT2D eigenvalue weighted by atomic mass is 32.2. The molecule has 1 aliphatic carbocycles. The van der Waals surface area contributed by atoms with Crippen LogP contribution in [-0.2, 0) is 12.8 Å². The number of methoxy groups -OCH3 is 1. The van der Waals surface area contributed by atoms with Crippen molar-refractivity contribution in [3.8, 4) is 11.5 Å². The van der Waals surface area contributed by atoms with E-state index in [1.165, 1.54) is 21.4 Å². The third-order valence-corrected chi connectivity index (χ3v) is 7.67. The van der Waals surface area contributed by atoms with Crippen molar-refractivity contribution in [1.29, 1.82) is 0 Å². The zero-order valence-electron chi connectivity index (χ0n) is 16.0. The van der Waals surface area contributed by atoms with Crippen LogP contribution in [0.2, 0.25) is 0 Å². The molecule has 1 N–H and O–H groups in total. The molecule has 5 rings (SSSR count). The Kier molecular flexibility index (Phi) is 4.89. The zero-order chi connectivity index (χ0) is 19.8. The molecule has 0 saturated carbocycles. The minimum Gasteiger partial charge on any atom is -0.508 e. The summed E-state index contributed by atoms with van der Waals surface area (Å²) in [5.74, 6) is 1.66. The van der Waals surface area contributed by atoms with Crippen LogP contribution in [0.3, 0.4) is 0 Å². The van der Waals surface area contributed by atoms with Crippen molar-refractivity contribution in [2.75, 3.05) is 7.11 Å². The summed E-state index contributed by atoms with van der Waals surface area (Å²) in [6.45, 7) is 0. The van der Waals surface area contributed by atoms with Crippen molar-refractivity contribution >= 4 is 33.3 Å². The number of thiophene rings is 1. The first kappa shape index (κ1) is 18.5. The number of aromatic hydroxyl groups is 1. The summed E-state index contributed by atoms with van der Waals surface area (Å²) < 4.78 is 5.52. The Morgan fingerprint density at radius 1 is 1.10 bits per heavy atom. The van der Waals surface area contributed by atoms with Crippen LogP contribution in [0.15, 0.2) is 64.8 Å². The highest BCUT2D eigenvalue weighted by molar-refractivity contribution is 7.99. The summed E-state index contributed by atoms with van der Waals surface area (Å²) in [5, 5.41) is 11.8. The Morgan fingerprint density at radius 2 is 1.93 bits per heavy atom. The van der Waals surface area contributed by atoms with Gasteiger partial charge in [0.1, 0.15) is 27.7 Å². The smallest absolute Gasteiger partial charge is 0.132 e. The predicted octanol–water partition coefficient (Wildman–Crippen LogP) is 5.83. The summed E-state index contributed by atoms with van der Waals surface area (Å²) in [5.41, 5.74) is 2.69. The molecule has 6 heteroatoms. The van der Waals surface area contributed by atoms with Crippen LogP contribution in [0.1, 0.15) is 28.3 Å². The fraction of sp³-hybridized carbons (Fsp3) is 0.217. The number of ether oxygens (including phenoxy) is 1. The standard InChI is InChI=1S/C23H20N2O2S2/c1-27-18-4-2-3-5-19(18)28-22-21-17-11-8-15(14-6-9-16(26)10-7-14)12-20(17)29-23(21)25-13-24-22/h2-7,9-10,13,15,26H,8,11-12H2,1H3. The number of nitrogens with zero attached hydrogens (tertiary/aromatic N) is 2. The van der Waals surface area contributed by atoms with E-state index < -0.39 is 0 Å². The predicted molar refractivity (Wildman–Crippen MR) is 117 cm³/mol. The first-order chi connectivity index (χ1) is 14.2. The van der Waals surface area contributed by atoms with Crippen LogP contribution in [0.4, 0.5) is 0 Å². The van der Waals surface area contributed by atoms with Gasteiger partial charge in [-0.25, -0.2) is 9.97 Å². The number of benzene rings is 2. The summed E-state index contributed by atoms with van der Waals surface area (Å²) in [7, 11) is 1.70. The Labute approximate surface area is 177 Å². The van der Waals surface area contributed by atoms with Gasteiger partial charge in [-0.3, -0.25) is 0 Å². The monoisotopic (exact) mass is 420 g/mol. The molecule has 2 aromatic carbocycles. The quantitative estimate of drug-likeness (QED) is 0.421. The van der Waals surface area contributed by atoms with Crippen molar-refractivity contribution < 1.29 is 9.84 Å². The normalized spacial score (nSPS) is 16.0. The first-order valence-electron chi connectivity index (χ1n) is 9.58. The third kappa shape index (κ3) is 3.47. The van der Waals surface area contributed by atoms with Crippen molar-refractivity contribution in [3.05, 3.63) is 70.9 Å². The lowest BCUT2D eigenvalue weighted by molar-refractivity contribution is 0.405. The number of aryl methyl sites for hydroxylation is 1. The van der Waals surface area contributed by atoms with Gasteiger partial charge in [-0.2, -0.15) is 0 Å². The van der Waals surface area contributed by atoms with E-state index in [0.717, 1.165) is 39.8 Å². The van der Waals surface area contributed by atoms with Gasteiger partial charge in [-0.1, -0.05) is 36.0 Å². The maximum Gasteiger partial charge on any atom is 0.132 e. The molecule has 2 heterocycles. The zero-order valence-corrected chi connectivity index (χ0v) is 17.6. The maximum atomic E-state index is 9.57. The second-order valence-electron chi connectivity index (χ2n) is 7.15. The molecule has 4 nitrogen and oxygen atoms in total. The topological polar surface area (TPSA) is 55.2 Å². The minimum atomic E-state index is 0.320. The molecule has 0 radical (unpaired) electrons. The number of hydrogen-bond acceptors (Lipinski definition) is 6. The molecule has 146 valence electrons. The molecule has 1 atom stereocenters. The van der Waals surface area contributed by atoms with Gasteiger partial charge in [0.15, 0.2) is 0 Å². The van der Waals surface area contributed by atoms with Crippen LogP contribution >= 0.6 is 23.1 Å². The van der Waals surface area contributed by atoms with E-state index in [4.69, 9.17) is 4.74 Å². The molecule has 0 fully saturated rings. The number of phenolic OH excluding ortho intramolecular Hbond substituents is 1. The number of hydrogen-bond donors (Lipinski definition) is 1. The van der Waals surface area contributed by atoms with E-state index in [0.29, 0.717) is 11.7 Å². The van der Waals surface area contributed by atoms with Gasteiger partial charge in [-0.15, -0.1) is 11.3 Å². The number of para-hydroxylation sites is 1. The fourth-order valence-corrected chi connectivity index (χ4v) is 6.36. The molecular formula is C23H20N2O2S2. The third-order valence-electron chi connectivity index (χ3n) is 5.45. The lowest BCUT2D eigenvalue weighted by atomic mass is 9.83. The highest BCUT2D eigenvalue weighted by Crippen LogP contribution is 2.45. The second-order valence-corrected chi connectivity index (χ2v) is 9.26. The Hall–Kier alpha value is -2.57. The Balaban J connectivity index is 1.51. The van der Waals surface area contributed by atoms with E-state index in [9.17, 15) is 5.11 Å². The lowest BCUT2D eigenvalue weighted by Gasteiger charge is -2.23. The fourth-order valence-electron chi connectivity index (χ4n) is 4.00. The van der Waals surface area contributed by atoms with E-state index in [1.54, 1.807) is 48.7 Å². The van der Waals surface area contributed by atoms with Gasteiger partial charge in [0, 0.05) is 10.3 Å². The SMILES string of the molecule is COc1ccccc1Sc1ncnc2sc3c(c12)CCC(c1ccc(O)cc1)C3. The van der Waals surface area contributed by atoms with E-state index >= 15 is 0 Å². The maximum absolute atomic E-state index is 9.57. The molecule has 0 spiro atoms. The van der Waals surface area contributed by atoms with Crippen LogP contribution in [0.5, 0.6) is 11.5 Å². The largest absolute Gasteiger partial charge is 0.508 e. The number of fused-ring (bicyclic) bond motifs is 3. The Morgan fingerprint density at radius 3 is 2.76 bits per heavy atom. The average molecular weight is 421 g/mol. The first-order valence-corrected chi connectivity index (χ1v) is 11.2. The van der Waals surface area contributed by atoms with Crippen LogP contribution < -0.4 is 4.74 Å². The average Bonchev–Trinajstić information content (AvgIpc) is 3.13. The number of phenols is 1. The van der Waals surface area contributed by atoms with Gasteiger partial charge in [0.2, 0.25) is 0 Å². The summed E-state index contributed by atoms with van der Waals surface area (Å²) >= 11 is 3.44. The molecule has 2 aromatic heterocycles. The molecule has 1 unspecified atom stereocenters. The van der Waals surface area contributed by atoms with Gasteiger partial charge >= 0.3 is 0 Å². The molecule has 4 aromatic rings. The molecule has 0 bridgehead atoms. The van der Waals surface area contributed by atoms with Crippen molar-refractivity contribution in [2.24, 2.45) is 0 Å². The van der Waals surface area contributed by atoms with Crippen molar-refractivity contribution in [2.45, 2.75) is 35.1 Å². The van der Waals surface area contributed by atoms with E-state index in [2.05, 4.69) is 16.0 Å². The molecule has 1 aliphatic rings. The van der Waals surface area contributed by atoms with Gasteiger partial charge < -0.3 is 9.84 Å². The van der Waals surface area contributed by atoms with E-state index in [-0.39, 0.29) is 0 Å². The van der Waals surface area contributed by atoms with Crippen LogP contribution in [-0.4, -0.2) is 22.2 Å². The number of rotatable bonds is 4. The van der Waals surface area contributed by atoms with Gasteiger partial charge in [0.05, 0.1) is 12.0 Å². The van der Waals surface area contributed by atoms with Crippen LogP contribution in [0, 0.1) is 0 Å². The van der Waals surface area contributed by atoms with E-state index in [1.807, 2.05) is 30.3 Å². The van der Waals surface area contributed by atoms with Crippen molar-refractivity contribution in [1.82, 2.24) is 9.97 Å². The minimum absolute atomic E-state index is 0.320. The molecule has 0 saturated heterocycles. The highest BCUT2D eigenvalue weighted by Gasteiger charge is 2.26. The molecular weight excluding hydrogens is 400 g/mol.